The predicted octanol–water partition coefficient (Wildman–Crippen LogP) is 2.12. The summed E-state index contributed by atoms with van der Waals surface area (Å²) in [5.41, 5.74) is 7.03. The monoisotopic (exact) mass is 241 g/mol. The first-order chi connectivity index (χ1) is 7.52. The van der Waals surface area contributed by atoms with Crippen molar-refractivity contribution in [2.24, 2.45) is 5.73 Å². The third kappa shape index (κ3) is 3.72. The van der Waals surface area contributed by atoms with Crippen molar-refractivity contribution in [3.8, 4) is 0 Å². The molecule has 88 valence electrons. The first kappa shape index (κ1) is 12.8. The summed E-state index contributed by atoms with van der Waals surface area (Å²) in [5, 5.41) is 6.01. The summed E-state index contributed by atoms with van der Waals surface area (Å²) >= 11 is 5.94. The lowest BCUT2D eigenvalue weighted by Gasteiger charge is -2.12. The van der Waals surface area contributed by atoms with Gasteiger partial charge in [-0.2, -0.15) is 0 Å². The van der Waals surface area contributed by atoms with Crippen molar-refractivity contribution in [1.29, 1.82) is 0 Å². The molecular formula is C11H16ClN3O. The zero-order valence-electron chi connectivity index (χ0n) is 9.38. The van der Waals surface area contributed by atoms with E-state index in [4.69, 9.17) is 17.3 Å². The molecule has 0 aliphatic rings. The number of hydrogen-bond acceptors (Lipinski definition) is 2. The molecule has 0 saturated carbocycles. The van der Waals surface area contributed by atoms with Crippen LogP contribution in [-0.2, 0) is 0 Å². The first-order valence-electron chi connectivity index (χ1n) is 5.06. The van der Waals surface area contributed by atoms with Crippen molar-refractivity contribution in [3.05, 3.63) is 28.8 Å². The Morgan fingerprint density at radius 1 is 1.56 bits per heavy atom. The summed E-state index contributed by atoms with van der Waals surface area (Å²) in [7, 11) is 0. The lowest BCUT2D eigenvalue weighted by molar-refractivity contribution is 0.249. The number of halogens is 1. The Kier molecular flexibility index (Phi) is 4.58. The van der Waals surface area contributed by atoms with Crippen molar-refractivity contribution in [2.75, 3.05) is 11.9 Å². The van der Waals surface area contributed by atoms with Gasteiger partial charge in [0.05, 0.1) is 0 Å². The molecule has 1 aromatic rings. The zero-order chi connectivity index (χ0) is 12.1. The van der Waals surface area contributed by atoms with E-state index < -0.39 is 0 Å². The summed E-state index contributed by atoms with van der Waals surface area (Å²) in [6, 6.07) is 5.03. The summed E-state index contributed by atoms with van der Waals surface area (Å²) in [6.45, 7) is 4.15. The van der Waals surface area contributed by atoms with Gasteiger partial charge in [0.15, 0.2) is 0 Å². The fraction of sp³-hybridized carbons (Fsp3) is 0.364. The molecule has 1 aromatic carbocycles. The van der Waals surface area contributed by atoms with Crippen LogP contribution in [0.1, 0.15) is 12.5 Å². The van der Waals surface area contributed by atoms with E-state index in [-0.39, 0.29) is 12.1 Å². The van der Waals surface area contributed by atoms with Crippen LogP contribution >= 0.6 is 11.6 Å². The van der Waals surface area contributed by atoms with Gasteiger partial charge >= 0.3 is 6.03 Å². The fourth-order valence-electron chi connectivity index (χ4n) is 1.12. The van der Waals surface area contributed by atoms with Gasteiger partial charge in [0.25, 0.3) is 0 Å². The number of anilines is 1. The van der Waals surface area contributed by atoms with Crippen LogP contribution in [-0.4, -0.2) is 18.6 Å². The van der Waals surface area contributed by atoms with Gasteiger partial charge < -0.3 is 16.4 Å². The fourth-order valence-corrected chi connectivity index (χ4v) is 1.30. The normalized spacial score (nSPS) is 12.0. The van der Waals surface area contributed by atoms with Gasteiger partial charge in [-0.05, 0) is 31.5 Å². The maximum atomic E-state index is 11.5. The first-order valence-corrected chi connectivity index (χ1v) is 5.44. The summed E-state index contributed by atoms with van der Waals surface area (Å²) in [5.74, 6) is 0. The second-order valence-corrected chi connectivity index (χ2v) is 4.11. The molecule has 0 unspecified atom stereocenters. The van der Waals surface area contributed by atoms with E-state index in [1.165, 1.54) is 0 Å². The number of benzene rings is 1. The highest BCUT2D eigenvalue weighted by atomic mass is 35.5. The van der Waals surface area contributed by atoms with Gasteiger partial charge in [-0.25, -0.2) is 4.79 Å². The lowest BCUT2D eigenvalue weighted by Crippen LogP contribution is -2.40. The van der Waals surface area contributed by atoms with Crippen molar-refractivity contribution in [1.82, 2.24) is 5.32 Å². The minimum absolute atomic E-state index is 0.0547. The van der Waals surface area contributed by atoms with Gasteiger partial charge in [-0.1, -0.05) is 17.7 Å². The SMILES string of the molecule is Cc1ccc(NC(=O)N[C@H](C)CN)cc1Cl. The van der Waals surface area contributed by atoms with Crippen molar-refractivity contribution < 1.29 is 4.79 Å². The van der Waals surface area contributed by atoms with Gasteiger partial charge in [-0.3, -0.25) is 0 Å². The number of carbonyl (C=O) groups excluding carboxylic acids is 1. The van der Waals surface area contributed by atoms with E-state index in [0.29, 0.717) is 17.3 Å². The average molecular weight is 242 g/mol. The molecule has 1 rings (SSSR count). The Bertz CT molecular complexity index is 381. The quantitative estimate of drug-likeness (QED) is 0.759. The largest absolute Gasteiger partial charge is 0.334 e. The van der Waals surface area contributed by atoms with E-state index in [9.17, 15) is 4.79 Å². The number of carbonyl (C=O) groups is 1. The molecule has 4 N–H and O–H groups in total. The highest BCUT2D eigenvalue weighted by Gasteiger charge is 2.06. The van der Waals surface area contributed by atoms with Crippen LogP contribution in [0.5, 0.6) is 0 Å². The Morgan fingerprint density at radius 3 is 2.81 bits per heavy atom. The number of aryl methyl sites for hydroxylation is 1. The zero-order valence-corrected chi connectivity index (χ0v) is 10.1. The maximum Gasteiger partial charge on any atom is 0.319 e. The van der Waals surface area contributed by atoms with E-state index in [2.05, 4.69) is 10.6 Å². The van der Waals surface area contributed by atoms with Crippen LogP contribution in [0.15, 0.2) is 18.2 Å². The van der Waals surface area contributed by atoms with Crippen LogP contribution in [0.3, 0.4) is 0 Å². The van der Waals surface area contributed by atoms with Crippen LogP contribution in [0, 0.1) is 6.92 Å². The number of urea groups is 1. The standard InChI is InChI=1S/C11H16ClN3O/c1-7-3-4-9(5-10(7)12)15-11(16)14-8(2)6-13/h3-5,8H,6,13H2,1-2H3,(H2,14,15,16)/t8-/m1/s1. The maximum absolute atomic E-state index is 11.5. The minimum Gasteiger partial charge on any atom is -0.334 e. The summed E-state index contributed by atoms with van der Waals surface area (Å²) in [6.07, 6.45) is 0. The van der Waals surface area contributed by atoms with Crippen molar-refractivity contribution in [2.45, 2.75) is 19.9 Å². The number of amides is 2. The van der Waals surface area contributed by atoms with E-state index in [0.717, 1.165) is 5.56 Å². The number of nitrogens with two attached hydrogens (primary N) is 1. The molecular weight excluding hydrogens is 226 g/mol. The molecule has 0 bridgehead atoms. The number of nitrogens with one attached hydrogen (secondary N) is 2. The highest BCUT2D eigenvalue weighted by molar-refractivity contribution is 6.31. The topological polar surface area (TPSA) is 67.2 Å². The molecule has 0 spiro atoms. The molecule has 0 radical (unpaired) electrons. The van der Waals surface area contributed by atoms with E-state index in [1.807, 2.05) is 19.9 Å². The number of hydrogen-bond donors (Lipinski definition) is 3. The van der Waals surface area contributed by atoms with Crippen molar-refractivity contribution >= 4 is 23.3 Å². The lowest BCUT2D eigenvalue weighted by atomic mass is 10.2. The predicted molar refractivity (Wildman–Crippen MR) is 66.9 cm³/mol. The summed E-state index contributed by atoms with van der Waals surface area (Å²) in [4.78, 5) is 11.5. The molecule has 4 nitrogen and oxygen atoms in total. The van der Waals surface area contributed by atoms with Crippen LogP contribution < -0.4 is 16.4 Å². The molecule has 16 heavy (non-hydrogen) atoms. The molecule has 0 heterocycles. The van der Waals surface area contributed by atoms with Crippen LogP contribution in [0.4, 0.5) is 10.5 Å². The van der Waals surface area contributed by atoms with E-state index >= 15 is 0 Å². The molecule has 0 fully saturated rings. The molecule has 1 atom stereocenters. The van der Waals surface area contributed by atoms with Crippen LogP contribution in [0.25, 0.3) is 0 Å². The van der Waals surface area contributed by atoms with Gasteiger partial charge in [0.2, 0.25) is 0 Å². The van der Waals surface area contributed by atoms with Crippen LogP contribution in [0.2, 0.25) is 5.02 Å². The Labute approximate surface area is 100 Å². The second-order valence-electron chi connectivity index (χ2n) is 3.70. The Morgan fingerprint density at radius 2 is 2.25 bits per heavy atom. The van der Waals surface area contributed by atoms with Gasteiger partial charge in [0, 0.05) is 23.3 Å². The van der Waals surface area contributed by atoms with Gasteiger partial charge in [-0.15, -0.1) is 0 Å². The van der Waals surface area contributed by atoms with Gasteiger partial charge in [0.1, 0.15) is 0 Å². The molecule has 0 aliphatic heterocycles. The molecule has 0 saturated heterocycles. The third-order valence-electron chi connectivity index (χ3n) is 2.16. The molecule has 0 aliphatic carbocycles. The Balaban J connectivity index is 2.59. The summed E-state index contributed by atoms with van der Waals surface area (Å²) < 4.78 is 0. The highest BCUT2D eigenvalue weighted by Crippen LogP contribution is 2.19. The third-order valence-corrected chi connectivity index (χ3v) is 2.57. The molecule has 2 amide bonds. The van der Waals surface area contributed by atoms with Crippen molar-refractivity contribution in [3.63, 3.8) is 0 Å². The average Bonchev–Trinajstić information content (AvgIpc) is 2.23. The smallest absolute Gasteiger partial charge is 0.319 e. The van der Waals surface area contributed by atoms with E-state index in [1.54, 1.807) is 12.1 Å². The second kappa shape index (κ2) is 5.72. The minimum atomic E-state index is -0.280. The molecule has 5 heteroatoms. The molecule has 0 aromatic heterocycles. The number of rotatable bonds is 3. The Hall–Kier alpha value is -1.26.